The molecule has 0 aromatic heterocycles. The lowest BCUT2D eigenvalue weighted by molar-refractivity contribution is -0.161. The van der Waals surface area contributed by atoms with Crippen LogP contribution in [0.1, 0.15) is 401 Å². The monoisotopic (exact) mass is 1400 g/mol. The van der Waals surface area contributed by atoms with Crippen LogP contribution in [0.5, 0.6) is 0 Å². The minimum absolute atomic E-state index is 0.108. The first kappa shape index (κ1) is 93.1. The van der Waals surface area contributed by atoms with E-state index < -0.39 is 97.5 Å². The zero-order valence-corrected chi connectivity index (χ0v) is 63.6. The summed E-state index contributed by atoms with van der Waals surface area (Å²) in [6.07, 6.45) is 58.1. The van der Waals surface area contributed by atoms with E-state index >= 15 is 0 Å². The Morgan fingerprint density at radius 3 is 0.716 bits per heavy atom. The van der Waals surface area contributed by atoms with E-state index in [9.17, 15) is 43.2 Å². The SMILES string of the molecule is CCCCCCCCCCCCCCCC(=O)OC[C@H](COP(=O)(O)OC[C@@H](O)COP(=O)(O)OC[C@@H](COC(=O)CCCCCCCCCCCC)OC(=O)CCCCCCCCCCCCCCC)OC(=O)CCCCCCCCCCCCCCCCCCC(C)C. The number of hydrogen-bond acceptors (Lipinski definition) is 15. The molecule has 0 aliphatic carbocycles. The third-order valence-corrected chi connectivity index (χ3v) is 19.7. The molecule has 3 N–H and O–H groups in total. The van der Waals surface area contributed by atoms with Crippen molar-refractivity contribution in [2.75, 3.05) is 39.6 Å². The van der Waals surface area contributed by atoms with Gasteiger partial charge in [-0.1, -0.05) is 349 Å². The highest BCUT2D eigenvalue weighted by molar-refractivity contribution is 7.47. The largest absolute Gasteiger partial charge is 0.472 e. The fraction of sp³-hybridized carbons (Fsp3) is 0.947. The smallest absolute Gasteiger partial charge is 0.462 e. The number of carbonyl (C=O) groups excluding carboxylic acids is 4. The topological polar surface area (TPSA) is 237 Å². The van der Waals surface area contributed by atoms with Crippen LogP contribution >= 0.6 is 15.6 Å². The average Bonchev–Trinajstić information content (AvgIpc) is 3.39. The van der Waals surface area contributed by atoms with Crippen LogP contribution in [0.3, 0.4) is 0 Å². The number of phosphoric acid groups is 2. The molecule has 0 saturated heterocycles. The molecule has 0 aliphatic heterocycles. The Bertz CT molecular complexity index is 1820. The predicted octanol–water partition coefficient (Wildman–Crippen LogP) is 22.5. The van der Waals surface area contributed by atoms with Crippen LogP contribution < -0.4 is 0 Å². The number of ether oxygens (including phenoxy) is 4. The van der Waals surface area contributed by atoms with Crippen LogP contribution in [0.2, 0.25) is 0 Å². The number of phosphoric ester groups is 2. The van der Waals surface area contributed by atoms with Gasteiger partial charge in [-0.2, -0.15) is 0 Å². The predicted molar refractivity (Wildman–Crippen MR) is 386 cm³/mol. The summed E-state index contributed by atoms with van der Waals surface area (Å²) in [4.78, 5) is 72.8. The van der Waals surface area contributed by atoms with E-state index in [4.69, 9.17) is 37.0 Å². The molecule has 0 heterocycles. The van der Waals surface area contributed by atoms with Gasteiger partial charge in [-0.15, -0.1) is 0 Å². The van der Waals surface area contributed by atoms with Gasteiger partial charge in [-0.25, -0.2) is 9.13 Å². The van der Waals surface area contributed by atoms with E-state index in [1.165, 1.54) is 225 Å². The molecule has 0 aliphatic rings. The number of rotatable bonds is 76. The first-order valence-corrected chi connectivity index (χ1v) is 42.6. The maximum Gasteiger partial charge on any atom is 0.472 e. The summed E-state index contributed by atoms with van der Waals surface area (Å²) in [7, 11) is -9.91. The van der Waals surface area contributed by atoms with Crippen molar-refractivity contribution in [2.24, 2.45) is 5.92 Å². The molecule has 0 saturated carbocycles. The van der Waals surface area contributed by atoms with Gasteiger partial charge < -0.3 is 33.8 Å². The summed E-state index contributed by atoms with van der Waals surface area (Å²) in [5.41, 5.74) is 0. The zero-order valence-electron chi connectivity index (χ0n) is 61.8. The second-order valence-electron chi connectivity index (χ2n) is 27.9. The lowest BCUT2D eigenvalue weighted by Gasteiger charge is -2.21. The van der Waals surface area contributed by atoms with Crippen molar-refractivity contribution in [1.29, 1.82) is 0 Å². The fourth-order valence-corrected chi connectivity index (χ4v) is 13.3. The number of aliphatic hydroxyl groups is 1. The quantitative estimate of drug-likeness (QED) is 0.0222. The third kappa shape index (κ3) is 70.3. The molecule has 564 valence electrons. The summed E-state index contributed by atoms with van der Waals surface area (Å²) in [6.45, 7) is 7.32. The molecule has 0 bridgehead atoms. The molecule has 17 nitrogen and oxygen atoms in total. The Labute approximate surface area is 581 Å². The summed E-state index contributed by atoms with van der Waals surface area (Å²) >= 11 is 0. The van der Waals surface area contributed by atoms with Gasteiger partial charge in [-0.05, 0) is 31.6 Å². The molecule has 5 atom stereocenters. The van der Waals surface area contributed by atoms with Gasteiger partial charge in [0.2, 0.25) is 0 Å². The summed E-state index contributed by atoms with van der Waals surface area (Å²) in [6, 6.07) is 0. The van der Waals surface area contributed by atoms with E-state index in [0.717, 1.165) is 95.8 Å². The lowest BCUT2D eigenvalue weighted by Crippen LogP contribution is -2.30. The lowest BCUT2D eigenvalue weighted by atomic mass is 10.0. The van der Waals surface area contributed by atoms with E-state index in [-0.39, 0.29) is 25.7 Å². The van der Waals surface area contributed by atoms with Crippen LogP contribution in [0.25, 0.3) is 0 Å². The van der Waals surface area contributed by atoms with Crippen LogP contribution in [0.4, 0.5) is 0 Å². The molecule has 0 rings (SSSR count). The second kappa shape index (κ2) is 69.2. The third-order valence-electron chi connectivity index (χ3n) is 17.8. The van der Waals surface area contributed by atoms with Gasteiger partial charge >= 0.3 is 39.5 Å². The highest BCUT2D eigenvalue weighted by atomic mass is 31.2. The maximum atomic E-state index is 13.1. The molecule has 19 heteroatoms. The van der Waals surface area contributed by atoms with Crippen molar-refractivity contribution in [1.82, 2.24) is 0 Å². The highest BCUT2D eigenvalue weighted by Crippen LogP contribution is 2.45. The molecule has 0 spiro atoms. The number of carbonyl (C=O) groups is 4. The molecular formula is C76H148O17P2. The van der Waals surface area contributed by atoms with E-state index in [1.807, 2.05) is 0 Å². The van der Waals surface area contributed by atoms with Crippen molar-refractivity contribution in [3.05, 3.63) is 0 Å². The Hall–Kier alpha value is -1.94. The van der Waals surface area contributed by atoms with Gasteiger partial charge in [0, 0.05) is 25.7 Å². The molecular weight excluding hydrogens is 1250 g/mol. The minimum atomic E-state index is -4.96. The van der Waals surface area contributed by atoms with Crippen molar-refractivity contribution >= 4 is 39.5 Å². The van der Waals surface area contributed by atoms with Crippen LogP contribution in [0.15, 0.2) is 0 Å². The van der Waals surface area contributed by atoms with Crippen molar-refractivity contribution in [3.63, 3.8) is 0 Å². The van der Waals surface area contributed by atoms with Crippen molar-refractivity contribution in [2.45, 2.75) is 419 Å². The fourth-order valence-electron chi connectivity index (χ4n) is 11.7. The summed E-state index contributed by atoms with van der Waals surface area (Å²) in [5, 5.41) is 10.6. The standard InChI is InChI=1S/C76H148O17P2/c1-6-9-12-15-18-21-24-30-35-40-45-50-55-60-74(79)87-66-72(93-76(81)62-57-52-47-42-37-33-29-27-26-28-32-34-38-43-48-53-58-69(4)5)68-91-95(84,85)89-64-70(77)63-88-94(82,83)90-67-71(65-86-73(78)59-54-49-44-39-23-20-17-14-11-8-3)92-75(80)61-56-51-46-41-36-31-25-22-19-16-13-10-7-2/h69-72,77H,6-68H2,1-5H3,(H,82,83)(H,84,85)/t70-,71+,72+/m0/s1. The normalized spacial score (nSPS) is 13.9. The number of unbranched alkanes of at least 4 members (excludes halogenated alkanes) is 48. The first-order valence-electron chi connectivity index (χ1n) is 39.6. The maximum absolute atomic E-state index is 13.1. The molecule has 0 fully saturated rings. The number of esters is 4. The van der Waals surface area contributed by atoms with Gasteiger partial charge in [0.1, 0.15) is 19.3 Å². The van der Waals surface area contributed by atoms with E-state index in [2.05, 4.69) is 34.6 Å². The van der Waals surface area contributed by atoms with Crippen molar-refractivity contribution in [3.8, 4) is 0 Å². The molecule has 0 amide bonds. The van der Waals surface area contributed by atoms with Gasteiger partial charge in [0.25, 0.3) is 0 Å². The summed E-state index contributed by atoms with van der Waals surface area (Å²) < 4.78 is 68.5. The van der Waals surface area contributed by atoms with E-state index in [0.29, 0.717) is 25.7 Å². The Balaban J connectivity index is 5.22. The molecule has 0 aromatic carbocycles. The van der Waals surface area contributed by atoms with Gasteiger partial charge in [-0.3, -0.25) is 37.3 Å². The van der Waals surface area contributed by atoms with Gasteiger partial charge in [0.05, 0.1) is 26.4 Å². The Morgan fingerprint density at radius 1 is 0.284 bits per heavy atom. The minimum Gasteiger partial charge on any atom is -0.462 e. The van der Waals surface area contributed by atoms with Crippen LogP contribution in [-0.4, -0.2) is 96.7 Å². The first-order chi connectivity index (χ1) is 46.0. The molecule has 0 aromatic rings. The van der Waals surface area contributed by atoms with Gasteiger partial charge in [0.15, 0.2) is 12.2 Å². The summed E-state index contributed by atoms with van der Waals surface area (Å²) in [5.74, 6) is -1.30. The zero-order chi connectivity index (χ0) is 69.8. The van der Waals surface area contributed by atoms with Crippen LogP contribution in [0, 0.1) is 5.92 Å². The molecule has 95 heavy (non-hydrogen) atoms. The van der Waals surface area contributed by atoms with Crippen molar-refractivity contribution < 1.29 is 80.2 Å². The highest BCUT2D eigenvalue weighted by Gasteiger charge is 2.30. The second-order valence-corrected chi connectivity index (χ2v) is 30.8. The Kier molecular flexibility index (Phi) is 67.7. The van der Waals surface area contributed by atoms with E-state index in [1.54, 1.807) is 0 Å². The Morgan fingerprint density at radius 2 is 0.484 bits per heavy atom. The molecule has 0 radical (unpaired) electrons. The average molecular weight is 1400 g/mol. The van der Waals surface area contributed by atoms with Crippen LogP contribution in [-0.2, 0) is 65.4 Å². The molecule has 2 unspecified atom stereocenters. The number of hydrogen-bond donors (Lipinski definition) is 3. The number of aliphatic hydroxyl groups excluding tert-OH is 1.